The summed E-state index contributed by atoms with van der Waals surface area (Å²) in [5.41, 5.74) is 1.74. The molecule has 3 aromatic carbocycles. The number of carbonyl (C=O) groups excluding carboxylic acids is 2. The maximum absolute atomic E-state index is 13.5. The first-order valence-corrected chi connectivity index (χ1v) is 13.5. The van der Waals surface area contributed by atoms with Crippen LogP contribution in [0.5, 0.6) is 5.75 Å². The number of hydrogen-bond donors (Lipinski definition) is 3. The van der Waals surface area contributed by atoms with E-state index in [9.17, 15) is 19.5 Å². The van der Waals surface area contributed by atoms with Crippen molar-refractivity contribution < 1.29 is 24.2 Å². The van der Waals surface area contributed by atoms with E-state index in [0.29, 0.717) is 30.5 Å². The molecule has 1 fully saturated rings. The minimum atomic E-state index is -1.10. The molecular weight excluding hydrogens is 539 g/mol. The van der Waals surface area contributed by atoms with Crippen molar-refractivity contribution in [3.8, 4) is 5.75 Å². The molecule has 7 nitrogen and oxygen atoms in total. The fraction of sp³-hybridized carbons (Fsp3) is 0.300. The number of anilines is 1. The molecule has 1 aliphatic rings. The first-order valence-electron chi connectivity index (χ1n) is 12.7. The Morgan fingerprint density at radius 1 is 0.923 bits per heavy atom. The van der Waals surface area contributed by atoms with E-state index in [1.807, 2.05) is 24.3 Å². The van der Waals surface area contributed by atoms with Gasteiger partial charge >= 0.3 is 5.97 Å². The van der Waals surface area contributed by atoms with Crippen LogP contribution in [0.4, 0.5) is 5.69 Å². The van der Waals surface area contributed by atoms with Crippen molar-refractivity contribution in [2.45, 2.75) is 44.6 Å². The highest BCUT2D eigenvalue weighted by Gasteiger charge is 2.42. The summed E-state index contributed by atoms with van der Waals surface area (Å²) in [6, 6.07) is 18.1. The van der Waals surface area contributed by atoms with Gasteiger partial charge in [0.25, 0.3) is 5.91 Å². The van der Waals surface area contributed by atoms with Gasteiger partial charge in [0.05, 0.1) is 28.1 Å². The molecule has 3 aromatic rings. The summed E-state index contributed by atoms with van der Waals surface area (Å²) in [4.78, 5) is 38.2. The molecule has 2 amide bonds. The van der Waals surface area contributed by atoms with Crippen molar-refractivity contribution in [1.82, 2.24) is 5.32 Å². The summed E-state index contributed by atoms with van der Waals surface area (Å²) in [5.74, 6) is -1.05. The number of ether oxygens (including phenoxy) is 1. The maximum Gasteiger partial charge on any atom is 0.326 e. The van der Waals surface area contributed by atoms with Crippen LogP contribution in [0.3, 0.4) is 0 Å². The summed E-state index contributed by atoms with van der Waals surface area (Å²) in [6.07, 6.45) is 3.91. The molecule has 3 N–H and O–H groups in total. The number of benzene rings is 3. The zero-order valence-corrected chi connectivity index (χ0v) is 23.0. The second-order valence-electron chi connectivity index (χ2n) is 9.83. The van der Waals surface area contributed by atoms with E-state index in [-0.39, 0.29) is 27.9 Å². The predicted molar refractivity (Wildman–Crippen MR) is 152 cm³/mol. The molecule has 9 heteroatoms. The molecule has 0 spiro atoms. The topological polar surface area (TPSA) is 105 Å². The Hall–Kier alpha value is -3.55. The normalized spacial score (nSPS) is 14.8. The van der Waals surface area contributed by atoms with Gasteiger partial charge in [0.2, 0.25) is 5.91 Å². The first kappa shape index (κ1) is 28.5. The Morgan fingerprint density at radius 3 is 2.08 bits per heavy atom. The monoisotopic (exact) mass is 568 g/mol. The fourth-order valence-corrected chi connectivity index (χ4v) is 5.62. The second kappa shape index (κ2) is 12.5. The number of methoxy groups -OCH3 is 1. The second-order valence-corrected chi connectivity index (χ2v) is 10.6. The van der Waals surface area contributed by atoms with Crippen molar-refractivity contribution in [2.24, 2.45) is 5.41 Å². The molecule has 1 atom stereocenters. The molecule has 0 aromatic heterocycles. The van der Waals surface area contributed by atoms with Crippen LogP contribution >= 0.6 is 23.2 Å². The van der Waals surface area contributed by atoms with Gasteiger partial charge in [0.1, 0.15) is 11.8 Å². The van der Waals surface area contributed by atoms with Gasteiger partial charge in [-0.25, -0.2) is 4.79 Å². The van der Waals surface area contributed by atoms with Crippen LogP contribution in [-0.2, 0) is 22.4 Å². The van der Waals surface area contributed by atoms with Gasteiger partial charge < -0.3 is 20.5 Å². The van der Waals surface area contributed by atoms with E-state index < -0.39 is 23.3 Å². The Bertz CT molecular complexity index is 1320. The Labute approximate surface area is 237 Å². The highest BCUT2D eigenvalue weighted by Crippen LogP contribution is 2.41. The molecule has 0 saturated heterocycles. The molecule has 0 unspecified atom stereocenters. The Balaban J connectivity index is 1.42. The van der Waals surface area contributed by atoms with E-state index in [4.69, 9.17) is 27.9 Å². The molecule has 0 bridgehead atoms. The van der Waals surface area contributed by atoms with Gasteiger partial charge in [-0.05, 0) is 66.8 Å². The zero-order chi connectivity index (χ0) is 28.0. The smallest absolute Gasteiger partial charge is 0.326 e. The lowest BCUT2D eigenvalue weighted by Gasteiger charge is -2.29. The third-order valence-corrected chi connectivity index (χ3v) is 7.82. The summed E-state index contributed by atoms with van der Waals surface area (Å²) in [7, 11) is 1.60. The largest absolute Gasteiger partial charge is 0.497 e. The summed E-state index contributed by atoms with van der Waals surface area (Å²) in [5, 5.41) is 15.9. The number of carbonyl (C=O) groups is 3. The lowest BCUT2D eigenvalue weighted by molar-refractivity contribution is -0.143. The van der Waals surface area contributed by atoms with Gasteiger partial charge in [0, 0.05) is 12.1 Å². The fourth-order valence-electron chi connectivity index (χ4n) is 5.05. The highest BCUT2D eigenvalue weighted by atomic mass is 35.5. The molecule has 1 saturated carbocycles. The average molecular weight is 569 g/mol. The minimum Gasteiger partial charge on any atom is -0.497 e. The maximum atomic E-state index is 13.5. The van der Waals surface area contributed by atoms with Crippen LogP contribution in [0, 0.1) is 5.41 Å². The number of amides is 2. The number of aliphatic carboxylic acids is 1. The van der Waals surface area contributed by atoms with Crippen molar-refractivity contribution in [3.63, 3.8) is 0 Å². The standard InChI is InChI=1S/C30H30Cl2N2O5/c1-39-22-13-9-20(10-14-22)18-30(15-2-3-16-30)29(38)34-25(28(36)37)17-19-7-11-21(12-8-19)33-27(35)26-23(31)5-4-6-24(26)32/h4-14,25H,2-3,15-18H2,1H3,(H,33,35)(H,34,38)(H,36,37)/t25-/m0/s1. The van der Waals surface area contributed by atoms with Crippen molar-refractivity contribution in [1.29, 1.82) is 0 Å². The van der Waals surface area contributed by atoms with E-state index in [0.717, 1.165) is 24.2 Å². The van der Waals surface area contributed by atoms with E-state index >= 15 is 0 Å². The zero-order valence-electron chi connectivity index (χ0n) is 21.5. The van der Waals surface area contributed by atoms with Gasteiger partial charge in [-0.1, -0.05) is 66.4 Å². The Morgan fingerprint density at radius 2 is 1.51 bits per heavy atom. The van der Waals surface area contributed by atoms with Crippen molar-refractivity contribution >= 4 is 46.7 Å². The third-order valence-electron chi connectivity index (χ3n) is 7.19. The van der Waals surface area contributed by atoms with Crippen molar-refractivity contribution in [2.75, 3.05) is 12.4 Å². The van der Waals surface area contributed by atoms with Gasteiger partial charge in [-0.2, -0.15) is 0 Å². The molecule has 204 valence electrons. The van der Waals surface area contributed by atoms with Gasteiger partial charge in [0.15, 0.2) is 0 Å². The Kier molecular flexibility index (Phi) is 9.15. The number of halogens is 2. The molecule has 4 rings (SSSR count). The van der Waals surface area contributed by atoms with Crippen LogP contribution in [-0.4, -0.2) is 36.0 Å². The van der Waals surface area contributed by atoms with Crippen LogP contribution in [0.15, 0.2) is 66.7 Å². The number of hydrogen-bond acceptors (Lipinski definition) is 4. The van der Waals surface area contributed by atoms with Crippen molar-refractivity contribution in [3.05, 3.63) is 93.5 Å². The summed E-state index contributed by atoms with van der Waals surface area (Å²) >= 11 is 12.2. The number of carboxylic acids is 1. The molecule has 1 aliphatic carbocycles. The summed E-state index contributed by atoms with van der Waals surface area (Å²) < 4.78 is 5.23. The predicted octanol–water partition coefficient (Wildman–Crippen LogP) is 6.17. The number of rotatable bonds is 10. The van der Waals surface area contributed by atoms with Crippen LogP contribution < -0.4 is 15.4 Å². The first-order chi connectivity index (χ1) is 18.7. The molecular formula is C30H30Cl2N2O5. The van der Waals surface area contributed by atoms with Gasteiger partial charge in [-0.3, -0.25) is 9.59 Å². The average Bonchev–Trinajstić information content (AvgIpc) is 3.39. The number of carboxylic acid groups (broad SMARTS) is 1. The highest BCUT2D eigenvalue weighted by molar-refractivity contribution is 6.40. The quantitative estimate of drug-likeness (QED) is 0.271. The lowest BCUT2D eigenvalue weighted by Crippen LogP contribution is -2.49. The van der Waals surface area contributed by atoms with E-state index in [2.05, 4.69) is 10.6 Å². The summed E-state index contributed by atoms with van der Waals surface area (Å²) in [6.45, 7) is 0. The van der Waals surface area contributed by atoms with Gasteiger partial charge in [-0.15, -0.1) is 0 Å². The van der Waals surface area contributed by atoms with Crippen LogP contribution in [0.1, 0.15) is 47.2 Å². The third kappa shape index (κ3) is 6.91. The minimum absolute atomic E-state index is 0.101. The lowest BCUT2D eigenvalue weighted by atomic mass is 9.78. The molecule has 0 heterocycles. The SMILES string of the molecule is COc1ccc(CC2(C(=O)N[C@@H](Cc3ccc(NC(=O)c4c(Cl)cccc4Cl)cc3)C(=O)O)CCCC2)cc1. The van der Waals surface area contributed by atoms with Crippen LogP contribution in [0.25, 0.3) is 0 Å². The molecule has 0 aliphatic heterocycles. The van der Waals surface area contributed by atoms with E-state index in [1.165, 1.54) is 0 Å². The van der Waals surface area contributed by atoms with E-state index in [1.54, 1.807) is 49.6 Å². The molecule has 39 heavy (non-hydrogen) atoms. The molecule has 0 radical (unpaired) electrons. The van der Waals surface area contributed by atoms with Crippen LogP contribution in [0.2, 0.25) is 10.0 Å². The number of nitrogens with one attached hydrogen (secondary N) is 2.